The molecule has 2 atom stereocenters. The topological polar surface area (TPSA) is 84.5 Å². The molecule has 146 valence electrons. The maximum Gasteiger partial charge on any atom is 0.257 e. The Balaban J connectivity index is 1.93. The fourth-order valence-corrected chi connectivity index (χ4v) is 4.84. The minimum absolute atomic E-state index is 0.0634. The van der Waals surface area contributed by atoms with Crippen LogP contribution >= 0.6 is 0 Å². The van der Waals surface area contributed by atoms with Crippen molar-refractivity contribution in [1.29, 1.82) is 0 Å². The Bertz CT molecular complexity index is 874. The summed E-state index contributed by atoms with van der Waals surface area (Å²) in [4.78, 5) is 11.6. The summed E-state index contributed by atoms with van der Waals surface area (Å²) < 4.78 is 45.0. The lowest BCUT2D eigenvalue weighted by Gasteiger charge is -2.19. The summed E-state index contributed by atoms with van der Waals surface area (Å²) in [6, 6.07) is 4.73. The average molecular weight is 394 g/mol. The van der Waals surface area contributed by atoms with E-state index in [0.717, 1.165) is 25.1 Å². The molecule has 6 nitrogen and oxygen atoms in total. The highest BCUT2D eigenvalue weighted by Crippen LogP contribution is 2.35. The van der Waals surface area contributed by atoms with Crippen molar-refractivity contribution in [2.45, 2.75) is 28.9 Å². The number of amides is 1. The van der Waals surface area contributed by atoms with Crippen LogP contribution in [0.4, 0.5) is 4.39 Å². The van der Waals surface area contributed by atoms with E-state index in [2.05, 4.69) is 10.6 Å². The third-order valence-electron chi connectivity index (χ3n) is 4.85. The molecule has 1 aromatic rings. The number of hydrogen-bond acceptors (Lipinski definition) is 5. The van der Waals surface area contributed by atoms with Gasteiger partial charge in [0, 0.05) is 25.9 Å². The molecule has 0 aromatic heterocycles. The monoisotopic (exact) mass is 394 g/mol. The second-order valence-electron chi connectivity index (χ2n) is 6.64. The molecule has 0 bridgehead atoms. The Labute approximate surface area is 158 Å². The van der Waals surface area contributed by atoms with E-state index in [1.165, 1.54) is 31.3 Å². The minimum atomic E-state index is -3.77. The SMILES string of the molecule is CNC(=O)COc1cc(S(=O)(=O)C2C=CC=C(F)C2)ccc1C1CCNC1. The number of carbonyl (C=O) groups is 1. The summed E-state index contributed by atoms with van der Waals surface area (Å²) in [5.74, 6) is -0.197. The number of sulfone groups is 1. The maximum absolute atomic E-state index is 13.5. The van der Waals surface area contributed by atoms with Crippen LogP contribution in [0.15, 0.2) is 47.1 Å². The predicted molar refractivity (Wildman–Crippen MR) is 100 cm³/mol. The maximum atomic E-state index is 13.5. The Hall–Kier alpha value is -2.19. The number of nitrogens with one attached hydrogen (secondary N) is 2. The predicted octanol–water partition coefficient (Wildman–Crippen LogP) is 1.84. The number of carbonyl (C=O) groups excluding carboxylic acids is 1. The van der Waals surface area contributed by atoms with Gasteiger partial charge in [0.05, 0.1) is 10.1 Å². The number of likely N-dealkylation sites (N-methyl/N-ethyl adjacent to an activating group) is 1. The van der Waals surface area contributed by atoms with Gasteiger partial charge in [-0.05, 0) is 36.7 Å². The van der Waals surface area contributed by atoms with E-state index >= 15 is 0 Å². The second-order valence-corrected chi connectivity index (χ2v) is 8.80. The summed E-state index contributed by atoms with van der Waals surface area (Å²) in [6.45, 7) is 1.44. The number of ether oxygens (including phenoxy) is 1. The molecule has 1 fully saturated rings. The fourth-order valence-electron chi connectivity index (χ4n) is 3.29. The molecule has 0 radical (unpaired) electrons. The highest BCUT2D eigenvalue weighted by atomic mass is 32.2. The number of allylic oxidation sites excluding steroid dienone is 3. The Morgan fingerprint density at radius 3 is 2.89 bits per heavy atom. The normalized spacial score (nSPS) is 22.4. The van der Waals surface area contributed by atoms with E-state index in [4.69, 9.17) is 4.74 Å². The van der Waals surface area contributed by atoms with Crippen molar-refractivity contribution in [2.24, 2.45) is 0 Å². The van der Waals surface area contributed by atoms with Gasteiger partial charge in [0.25, 0.3) is 5.91 Å². The summed E-state index contributed by atoms with van der Waals surface area (Å²) in [6.07, 6.45) is 4.90. The van der Waals surface area contributed by atoms with Crippen LogP contribution in [0.1, 0.15) is 24.3 Å². The van der Waals surface area contributed by atoms with Crippen molar-refractivity contribution in [2.75, 3.05) is 26.7 Å². The standard InChI is InChI=1S/C19H23FN2O4S/c1-21-19(23)12-26-18-10-16(5-6-17(18)13-7-8-22-11-13)27(24,25)15-4-2-3-14(20)9-15/h2-6,10,13,15,22H,7-9,11-12H2,1H3,(H,21,23). The summed E-state index contributed by atoms with van der Waals surface area (Å²) in [5, 5.41) is 4.79. The van der Waals surface area contributed by atoms with Crippen molar-refractivity contribution < 1.29 is 22.3 Å². The van der Waals surface area contributed by atoms with E-state index in [-0.39, 0.29) is 29.7 Å². The van der Waals surface area contributed by atoms with Gasteiger partial charge in [0.2, 0.25) is 0 Å². The number of rotatable bonds is 6. The quantitative estimate of drug-likeness (QED) is 0.769. The Kier molecular flexibility index (Phi) is 5.96. The smallest absolute Gasteiger partial charge is 0.257 e. The highest BCUT2D eigenvalue weighted by Gasteiger charge is 2.30. The number of halogens is 1. The molecular weight excluding hydrogens is 371 g/mol. The molecule has 0 saturated carbocycles. The molecule has 0 spiro atoms. The summed E-state index contributed by atoms with van der Waals surface area (Å²) >= 11 is 0. The lowest BCUT2D eigenvalue weighted by atomic mass is 9.97. The lowest BCUT2D eigenvalue weighted by molar-refractivity contribution is -0.122. The minimum Gasteiger partial charge on any atom is -0.483 e. The molecule has 1 aliphatic carbocycles. The van der Waals surface area contributed by atoms with Crippen molar-refractivity contribution >= 4 is 15.7 Å². The molecule has 2 unspecified atom stereocenters. The van der Waals surface area contributed by atoms with E-state index in [1.807, 2.05) is 0 Å². The molecule has 1 saturated heterocycles. The van der Waals surface area contributed by atoms with Gasteiger partial charge < -0.3 is 15.4 Å². The van der Waals surface area contributed by atoms with E-state index in [0.29, 0.717) is 5.75 Å². The zero-order chi connectivity index (χ0) is 19.4. The molecule has 1 amide bonds. The highest BCUT2D eigenvalue weighted by molar-refractivity contribution is 7.92. The van der Waals surface area contributed by atoms with Gasteiger partial charge in [0.15, 0.2) is 16.4 Å². The van der Waals surface area contributed by atoms with Crippen LogP contribution in [0.3, 0.4) is 0 Å². The van der Waals surface area contributed by atoms with Crippen LogP contribution in [0.25, 0.3) is 0 Å². The van der Waals surface area contributed by atoms with Gasteiger partial charge >= 0.3 is 0 Å². The molecule has 2 N–H and O–H groups in total. The van der Waals surface area contributed by atoms with Gasteiger partial charge in [-0.1, -0.05) is 18.2 Å². The van der Waals surface area contributed by atoms with Crippen LogP contribution in [-0.2, 0) is 14.6 Å². The van der Waals surface area contributed by atoms with Gasteiger partial charge in [0.1, 0.15) is 11.6 Å². The van der Waals surface area contributed by atoms with E-state index in [9.17, 15) is 17.6 Å². The molecule has 1 aliphatic heterocycles. The Morgan fingerprint density at radius 2 is 2.22 bits per heavy atom. The van der Waals surface area contributed by atoms with Crippen LogP contribution in [0, 0.1) is 0 Å². The van der Waals surface area contributed by atoms with Crippen molar-refractivity contribution in [3.05, 3.63) is 47.8 Å². The molecule has 1 aromatic carbocycles. The van der Waals surface area contributed by atoms with Crippen LogP contribution in [-0.4, -0.2) is 46.3 Å². The zero-order valence-electron chi connectivity index (χ0n) is 15.1. The first-order chi connectivity index (χ1) is 12.9. The lowest BCUT2D eigenvalue weighted by Crippen LogP contribution is -2.25. The van der Waals surface area contributed by atoms with Gasteiger partial charge in [-0.15, -0.1) is 0 Å². The van der Waals surface area contributed by atoms with Gasteiger partial charge in [-0.25, -0.2) is 12.8 Å². The van der Waals surface area contributed by atoms with Gasteiger partial charge in [-0.2, -0.15) is 0 Å². The first kappa shape index (κ1) is 19.6. The van der Waals surface area contributed by atoms with Crippen molar-refractivity contribution in [3.8, 4) is 5.75 Å². The van der Waals surface area contributed by atoms with E-state index in [1.54, 1.807) is 12.1 Å². The molecule has 3 rings (SSSR count). The van der Waals surface area contributed by atoms with Crippen LogP contribution in [0.2, 0.25) is 0 Å². The fraction of sp³-hybridized carbons (Fsp3) is 0.421. The van der Waals surface area contributed by atoms with Crippen molar-refractivity contribution in [3.63, 3.8) is 0 Å². The molecule has 1 heterocycles. The largest absolute Gasteiger partial charge is 0.483 e. The van der Waals surface area contributed by atoms with Crippen LogP contribution < -0.4 is 15.4 Å². The first-order valence-corrected chi connectivity index (χ1v) is 10.4. The average Bonchev–Trinajstić information content (AvgIpc) is 3.20. The zero-order valence-corrected chi connectivity index (χ0v) is 15.9. The molecule has 2 aliphatic rings. The van der Waals surface area contributed by atoms with E-state index < -0.39 is 20.9 Å². The number of benzene rings is 1. The molecule has 8 heteroatoms. The van der Waals surface area contributed by atoms with Gasteiger partial charge in [-0.3, -0.25) is 4.79 Å². The second kappa shape index (κ2) is 8.22. The van der Waals surface area contributed by atoms with Crippen molar-refractivity contribution in [1.82, 2.24) is 10.6 Å². The Morgan fingerprint density at radius 1 is 1.41 bits per heavy atom. The number of hydrogen-bond donors (Lipinski definition) is 2. The first-order valence-electron chi connectivity index (χ1n) is 8.86. The third-order valence-corrected chi connectivity index (χ3v) is 6.88. The molecular formula is C19H23FN2O4S. The van der Waals surface area contributed by atoms with Crippen LogP contribution in [0.5, 0.6) is 5.75 Å². The third kappa shape index (κ3) is 4.39. The summed E-state index contributed by atoms with van der Waals surface area (Å²) in [5.41, 5.74) is 0.869. The molecule has 27 heavy (non-hydrogen) atoms. The summed E-state index contributed by atoms with van der Waals surface area (Å²) in [7, 11) is -2.26.